The number of urea groups is 1. The second-order valence-electron chi connectivity index (χ2n) is 12.2. The van der Waals surface area contributed by atoms with Crippen molar-refractivity contribution in [3.8, 4) is 11.3 Å². The fourth-order valence-corrected chi connectivity index (χ4v) is 7.19. The van der Waals surface area contributed by atoms with Crippen LogP contribution in [0.2, 0.25) is 0 Å². The largest absolute Gasteiger partial charge is 0.382 e. The number of aryl methyl sites for hydroxylation is 1. The van der Waals surface area contributed by atoms with Gasteiger partial charge in [0, 0.05) is 58.4 Å². The van der Waals surface area contributed by atoms with Crippen molar-refractivity contribution in [1.82, 2.24) is 29.9 Å². The third-order valence-corrected chi connectivity index (χ3v) is 9.33. The minimum atomic E-state index is -0.416. The summed E-state index contributed by atoms with van der Waals surface area (Å²) < 4.78 is 1.82. The fraction of sp³-hybridized carbons (Fsp3) is 0.314. The molecule has 1 fully saturated rings. The van der Waals surface area contributed by atoms with Crippen LogP contribution in [0.3, 0.4) is 0 Å². The Bertz CT molecular complexity index is 1970. The SMILES string of the molecule is O=C(Nc1cc(-c2cn(CCNc3c4c(nc5ccccc35)CCCC4)nn2)ccn1)Nc1cccc2c1[C@@H]1CCCCN1C2=O. The number of carbonyl (C=O) groups is 2. The number of pyridine rings is 2. The van der Waals surface area contributed by atoms with E-state index in [0.29, 0.717) is 35.9 Å². The standard InChI is InChI=1S/C35H35N9O2/c45-34-25-10-7-13-28(32(25)30-14-5-6-18-44(30)34)39-35(46)40-31-20-22(15-16-36-31)29-21-43(42-41-29)19-17-37-33-23-8-1-3-11-26(23)38-27-12-4-2-9-24(27)33/h1,3,7-8,10-11,13,15-16,20-21,30H,2,4-6,9,12,14,17-19H2,(H,37,38)(H2,36,39,40,46)/t30-/m0/s1. The summed E-state index contributed by atoms with van der Waals surface area (Å²) in [7, 11) is 0. The number of benzene rings is 2. The fourth-order valence-electron chi connectivity index (χ4n) is 7.19. The van der Waals surface area contributed by atoms with Crippen molar-refractivity contribution < 1.29 is 9.59 Å². The molecule has 46 heavy (non-hydrogen) atoms. The number of amides is 3. The molecule has 232 valence electrons. The average molecular weight is 614 g/mol. The number of hydrogen-bond acceptors (Lipinski definition) is 7. The third-order valence-electron chi connectivity index (χ3n) is 9.33. The van der Waals surface area contributed by atoms with Crippen LogP contribution in [0.4, 0.5) is 22.0 Å². The molecule has 5 heterocycles. The molecule has 11 nitrogen and oxygen atoms in total. The lowest BCUT2D eigenvalue weighted by Crippen LogP contribution is -2.32. The Hall–Kier alpha value is -5.32. The maximum atomic E-state index is 13.1. The Balaban J connectivity index is 0.931. The number of anilines is 3. The van der Waals surface area contributed by atoms with Crippen molar-refractivity contribution in [2.24, 2.45) is 0 Å². The third kappa shape index (κ3) is 5.21. The first kappa shape index (κ1) is 28.2. The number of nitrogens with one attached hydrogen (secondary N) is 3. The van der Waals surface area contributed by atoms with E-state index in [9.17, 15) is 9.59 Å². The zero-order valence-electron chi connectivity index (χ0n) is 25.5. The van der Waals surface area contributed by atoms with Crippen molar-refractivity contribution in [2.75, 3.05) is 29.0 Å². The Labute approximate surface area is 266 Å². The van der Waals surface area contributed by atoms with Crippen molar-refractivity contribution in [1.29, 1.82) is 0 Å². The van der Waals surface area contributed by atoms with Crippen LogP contribution < -0.4 is 16.0 Å². The van der Waals surface area contributed by atoms with E-state index in [-0.39, 0.29) is 11.9 Å². The molecule has 0 bridgehead atoms. The molecule has 2 aliphatic heterocycles. The number of rotatable bonds is 7. The summed E-state index contributed by atoms with van der Waals surface area (Å²) >= 11 is 0. The van der Waals surface area contributed by atoms with Gasteiger partial charge < -0.3 is 15.5 Å². The Morgan fingerprint density at radius 2 is 1.89 bits per heavy atom. The number of piperidine rings is 1. The van der Waals surface area contributed by atoms with Crippen molar-refractivity contribution >= 4 is 40.0 Å². The summed E-state index contributed by atoms with van der Waals surface area (Å²) in [4.78, 5) is 37.2. The van der Waals surface area contributed by atoms with Crippen LogP contribution in [-0.4, -0.2) is 54.9 Å². The quantitative estimate of drug-likeness (QED) is 0.199. The summed E-state index contributed by atoms with van der Waals surface area (Å²) in [6, 6.07) is 17.1. The van der Waals surface area contributed by atoms with Crippen molar-refractivity contribution in [2.45, 2.75) is 57.5 Å². The van der Waals surface area contributed by atoms with Crippen molar-refractivity contribution in [3.63, 3.8) is 0 Å². The second kappa shape index (κ2) is 11.9. The molecule has 8 rings (SSSR count). The topological polar surface area (TPSA) is 130 Å². The zero-order valence-corrected chi connectivity index (χ0v) is 25.5. The van der Waals surface area contributed by atoms with Gasteiger partial charge in [-0.25, -0.2) is 9.78 Å². The second-order valence-corrected chi connectivity index (χ2v) is 12.2. The van der Waals surface area contributed by atoms with Gasteiger partial charge in [-0.2, -0.15) is 0 Å². The lowest BCUT2D eigenvalue weighted by molar-refractivity contribution is 0.0672. The van der Waals surface area contributed by atoms with Crippen LogP contribution >= 0.6 is 0 Å². The molecule has 1 aliphatic carbocycles. The molecule has 3 aromatic heterocycles. The Morgan fingerprint density at radius 1 is 0.978 bits per heavy atom. The summed E-state index contributed by atoms with van der Waals surface area (Å²) in [5.74, 6) is 0.440. The smallest absolute Gasteiger partial charge is 0.324 e. The minimum Gasteiger partial charge on any atom is -0.382 e. The first-order valence-electron chi connectivity index (χ1n) is 16.2. The number of hydrogen-bond donors (Lipinski definition) is 3. The van der Waals surface area contributed by atoms with Crippen LogP contribution in [0.1, 0.15) is 65.3 Å². The van der Waals surface area contributed by atoms with Gasteiger partial charge in [0.1, 0.15) is 11.5 Å². The molecule has 3 amide bonds. The van der Waals surface area contributed by atoms with Crippen LogP contribution in [0.25, 0.3) is 22.2 Å². The highest BCUT2D eigenvalue weighted by Crippen LogP contribution is 2.43. The molecule has 3 aliphatic rings. The van der Waals surface area contributed by atoms with Gasteiger partial charge in [0.25, 0.3) is 5.91 Å². The Morgan fingerprint density at radius 3 is 2.85 bits per heavy atom. The first-order valence-corrected chi connectivity index (χ1v) is 16.2. The van der Waals surface area contributed by atoms with Gasteiger partial charge >= 0.3 is 6.03 Å². The van der Waals surface area contributed by atoms with E-state index >= 15 is 0 Å². The summed E-state index contributed by atoms with van der Waals surface area (Å²) in [6.45, 7) is 2.09. The molecule has 0 unspecified atom stereocenters. The number of nitrogens with zero attached hydrogens (tertiary/aromatic N) is 6. The van der Waals surface area contributed by atoms with E-state index in [1.54, 1.807) is 12.3 Å². The van der Waals surface area contributed by atoms with Crippen LogP contribution in [0.5, 0.6) is 0 Å². The van der Waals surface area contributed by atoms with Gasteiger partial charge in [-0.1, -0.05) is 29.5 Å². The lowest BCUT2D eigenvalue weighted by Gasteiger charge is -2.30. The highest BCUT2D eigenvalue weighted by atomic mass is 16.2. The molecule has 0 spiro atoms. The molecule has 1 saturated heterocycles. The number of para-hydroxylation sites is 1. The lowest BCUT2D eigenvalue weighted by atomic mass is 9.92. The highest BCUT2D eigenvalue weighted by Gasteiger charge is 2.39. The predicted octanol–water partition coefficient (Wildman–Crippen LogP) is 6.20. The maximum absolute atomic E-state index is 13.1. The predicted molar refractivity (Wildman–Crippen MR) is 177 cm³/mol. The summed E-state index contributed by atoms with van der Waals surface area (Å²) in [5.41, 5.74) is 8.50. The minimum absolute atomic E-state index is 0.0152. The summed E-state index contributed by atoms with van der Waals surface area (Å²) in [6.07, 6.45) is 11.0. The van der Waals surface area contributed by atoms with Gasteiger partial charge in [-0.05, 0) is 80.8 Å². The molecule has 5 aromatic rings. The normalized spacial score (nSPS) is 16.9. The van der Waals surface area contributed by atoms with E-state index in [1.165, 1.54) is 29.8 Å². The first-order chi connectivity index (χ1) is 22.6. The monoisotopic (exact) mass is 613 g/mol. The molecule has 11 heteroatoms. The Kier molecular flexibility index (Phi) is 7.28. The number of fused-ring (bicyclic) bond motifs is 5. The van der Waals surface area contributed by atoms with Crippen LogP contribution in [0, 0.1) is 0 Å². The van der Waals surface area contributed by atoms with Gasteiger partial charge in [0.2, 0.25) is 0 Å². The van der Waals surface area contributed by atoms with Gasteiger partial charge in [-0.15, -0.1) is 5.10 Å². The van der Waals surface area contributed by atoms with E-state index in [2.05, 4.69) is 49.4 Å². The molecule has 0 radical (unpaired) electrons. The van der Waals surface area contributed by atoms with E-state index in [1.807, 2.05) is 46.1 Å². The number of carbonyl (C=O) groups excluding carboxylic acids is 2. The van der Waals surface area contributed by atoms with E-state index in [4.69, 9.17) is 4.98 Å². The molecule has 1 atom stereocenters. The number of aromatic nitrogens is 5. The zero-order chi connectivity index (χ0) is 31.0. The molecule has 3 N–H and O–H groups in total. The molecule has 0 saturated carbocycles. The van der Waals surface area contributed by atoms with Crippen LogP contribution in [0.15, 0.2) is 67.0 Å². The van der Waals surface area contributed by atoms with E-state index < -0.39 is 6.03 Å². The molecular weight excluding hydrogens is 578 g/mol. The van der Waals surface area contributed by atoms with Crippen LogP contribution in [-0.2, 0) is 19.4 Å². The molecular formula is C35H35N9O2. The van der Waals surface area contributed by atoms with Crippen molar-refractivity contribution in [3.05, 3.63) is 89.4 Å². The van der Waals surface area contributed by atoms with Gasteiger partial charge in [0.05, 0.1) is 24.3 Å². The van der Waals surface area contributed by atoms with E-state index in [0.717, 1.165) is 60.7 Å². The van der Waals surface area contributed by atoms with Gasteiger partial charge in [0.15, 0.2) is 0 Å². The maximum Gasteiger partial charge on any atom is 0.324 e. The van der Waals surface area contributed by atoms with Gasteiger partial charge in [-0.3, -0.25) is 19.8 Å². The molecule has 2 aromatic carbocycles. The summed E-state index contributed by atoms with van der Waals surface area (Å²) in [5, 5.41) is 19.4. The highest BCUT2D eigenvalue weighted by molar-refractivity contribution is 6.05. The average Bonchev–Trinajstić information content (AvgIpc) is 3.68.